The first-order valence-corrected chi connectivity index (χ1v) is 6.07. The van der Waals surface area contributed by atoms with Crippen LogP contribution in [0, 0.1) is 6.92 Å². The fourth-order valence-electron chi connectivity index (χ4n) is 1.82. The molecule has 0 aromatic heterocycles. The number of nitrogen functional groups attached to an aromatic ring is 1. The van der Waals surface area contributed by atoms with Gasteiger partial charge in [-0.3, -0.25) is 4.79 Å². The molecular weight excluding hydrogens is 224 g/mol. The van der Waals surface area contributed by atoms with Gasteiger partial charge in [-0.25, -0.2) is 0 Å². The van der Waals surface area contributed by atoms with Gasteiger partial charge in [0, 0.05) is 23.3 Å². The maximum Gasteiger partial charge on any atom is 0.254 e. The Bertz CT molecular complexity index is 458. The van der Waals surface area contributed by atoms with Gasteiger partial charge in [0.2, 0.25) is 0 Å². The normalized spacial score (nSPS) is 11.1. The predicted octanol–water partition coefficient (Wildman–Crippen LogP) is 3.00. The number of carbonyl (C=O) groups excluding carboxylic acids is 1. The fraction of sp³-hybridized carbons (Fsp3) is 0.400. The molecule has 0 heterocycles. The minimum Gasteiger partial charge on any atom is -0.398 e. The summed E-state index contributed by atoms with van der Waals surface area (Å²) in [7, 11) is 0. The second-order valence-corrected chi connectivity index (χ2v) is 5.40. The summed E-state index contributed by atoms with van der Waals surface area (Å²) in [5.41, 5.74) is 7.74. The molecule has 0 atom stereocenters. The molecular formula is C15H22N2O. The molecule has 3 heteroatoms. The van der Waals surface area contributed by atoms with E-state index in [2.05, 4.69) is 6.58 Å². The topological polar surface area (TPSA) is 46.3 Å². The monoisotopic (exact) mass is 246 g/mol. The van der Waals surface area contributed by atoms with Crippen LogP contribution in [0.1, 0.15) is 36.7 Å². The van der Waals surface area contributed by atoms with Crippen molar-refractivity contribution in [3.8, 4) is 0 Å². The van der Waals surface area contributed by atoms with Crippen LogP contribution in [-0.4, -0.2) is 22.9 Å². The molecule has 3 nitrogen and oxygen atoms in total. The minimum atomic E-state index is -0.248. The van der Waals surface area contributed by atoms with Crippen molar-refractivity contribution in [2.75, 3.05) is 12.3 Å². The molecule has 0 saturated carbocycles. The Kier molecular flexibility index (Phi) is 4.17. The summed E-state index contributed by atoms with van der Waals surface area (Å²) in [6, 6.07) is 5.43. The van der Waals surface area contributed by atoms with Gasteiger partial charge in [0.25, 0.3) is 5.91 Å². The Labute approximate surface area is 109 Å². The van der Waals surface area contributed by atoms with E-state index >= 15 is 0 Å². The van der Waals surface area contributed by atoms with Gasteiger partial charge in [0.05, 0.1) is 0 Å². The summed E-state index contributed by atoms with van der Waals surface area (Å²) in [6.07, 6.45) is 1.74. The molecule has 0 radical (unpaired) electrons. The Balaban J connectivity index is 3.18. The summed E-state index contributed by atoms with van der Waals surface area (Å²) in [4.78, 5) is 14.4. The van der Waals surface area contributed by atoms with Gasteiger partial charge in [0.1, 0.15) is 0 Å². The molecule has 1 amide bonds. The van der Waals surface area contributed by atoms with Crippen molar-refractivity contribution in [1.82, 2.24) is 4.90 Å². The van der Waals surface area contributed by atoms with E-state index in [4.69, 9.17) is 5.73 Å². The van der Waals surface area contributed by atoms with Crippen molar-refractivity contribution in [2.45, 2.75) is 33.2 Å². The van der Waals surface area contributed by atoms with Gasteiger partial charge in [-0.05, 0) is 45.4 Å². The highest BCUT2D eigenvalue weighted by Crippen LogP contribution is 2.22. The van der Waals surface area contributed by atoms with E-state index in [1.165, 1.54) is 0 Å². The zero-order valence-corrected chi connectivity index (χ0v) is 11.7. The number of rotatable bonds is 3. The molecule has 18 heavy (non-hydrogen) atoms. The molecule has 0 fully saturated rings. The number of carbonyl (C=O) groups is 1. The third kappa shape index (κ3) is 2.92. The molecule has 0 aliphatic carbocycles. The molecule has 0 aliphatic heterocycles. The van der Waals surface area contributed by atoms with Crippen LogP contribution in [0.5, 0.6) is 0 Å². The fourth-order valence-corrected chi connectivity index (χ4v) is 1.82. The minimum absolute atomic E-state index is 0.00722. The van der Waals surface area contributed by atoms with E-state index in [-0.39, 0.29) is 11.4 Å². The number of hydrogen-bond acceptors (Lipinski definition) is 2. The standard InChI is InChI=1S/C15H22N2O/c1-6-10-17(15(3,4)5)14(18)12-8-7-9-13(16)11(12)2/h6-9H,1,10,16H2,2-5H3. The van der Waals surface area contributed by atoms with Crippen LogP contribution in [0.4, 0.5) is 5.69 Å². The smallest absolute Gasteiger partial charge is 0.254 e. The largest absolute Gasteiger partial charge is 0.398 e. The number of hydrogen-bond donors (Lipinski definition) is 1. The summed E-state index contributed by atoms with van der Waals surface area (Å²) in [6.45, 7) is 12.1. The van der Waals surface area contributed by atoms with Crippen LogP contribution in [-0.2, 0) is 0 Å². The Morgan fingerprint density at radius 2 is 2.06 bits per heavy atom. The zero-order chi connectivity index (χ0) is 13.9. The van der Waals surface area contributed by atoms with Crippen LogP contribution >= 0.6 is 0 Å². The molecule has 1 aromatic rings. The number of nitrogens with two attached hydrogens (primary N) is 1. The molecule has 0 bridgehead atoms. The van der Waals surface area contributed by atoms with Gasteiger partial charge in [-0.1, -0.05) is 12.1 Å². The van der Waals surface area contributed by atoms with Crippen molar-refractivity contribution in [3.63, 3.8) is 0 Å². The molecule has 0 saturated heterocycles. The highest BCUT2D eigenvalue weighted by molar-refractivity contribution is 5.97. The van der Waals surface area contributed by atoms with E-state index in [1.807, 2.05) is 39.8 Å². The van der Waals surface area contributed by atoms with Crippen molar-refractivity contribution >= 4 is 11.6 Å². The van der Waals surface area contributed by atoms with Gasteiger partial charge < -0.3 is 10.6 Å². The van der Waals surface area contributed by atoms with Crippen LogP contribution in [0.15, 0.2) is 30.9 Å². The van der Waals surface area contributed by atoms with Crippen molar-refractivity contribution in [3.05, 3.63) is 42.0 Å². The van der Waals surface area contributed by atoms with E-state index in [9.17, 15) is 4.79 Å². The quantitative estimate of drug-likeness (QED) is 0.658. The lowest BCUT2D eigenvalue weighted by Crippen LogP contribution is -2.45. The predicted molar refractivity (Wildman–Crippen MR) is 76.6 cm³/mol. The number of benzene rings is 1. The first-order chi connectivity index (χ1) is 8.29. The summed E-state index contributed by atoms with van der Waals surface area (Å²) in [5, 5.41) is 0. The maximum atomic E-state index is 12.6. The highest BCUT2D eigenvalue weighted by Gasteiger charge is 2.27. The first kappa shape index (κ1) is 14.3. The summed E-state index contributed by atoms with van der Waals surface area (Å²) in [5.74, 6) is -0.00722. The van der Waals surface area contributed by atoms with E-state index < -0.39 is 0 Å². The summed E-state index contributed by atoms with van der Waals surface area (Å²) < 4.78 is 0. The highest BCUT2D eigenvalue weighted by atomic mass is 16.2. The maximum absolute atomic E-state index is 12.6. The van der Waals surface area contributed by atoms with Crippen LogP contribution in [0.2, 0.25) is 0 Å². The second kappa shape index (κ2) is 5.25. The third-order valence-corrected chi connectivity index (χ3v) is 2.97. The lowest BCUT2D eigenvalue weighted by Gasteiger charge is -2.35. The molecule has 98 valence electrons. The van der Waals surface area contributed by atoms with E-state index in [1.54, 1.807) is 17.0 Å². The Morgan fingerprint density at radius 1 is 1.44 bits per heavy atom. The van der Waals surface area contributed by atoms with Gasteiger partial charge in [-0.15, -0.1) is 6.58 Å². The molecule has 0 aliphatic rings. The molecule has 0 unspecified atom stereocenters. The molecule has 0 spiro atoms. The Morgan fingerprint density at radius 3 is 2.56 bits per heavy atom. The lowest BCUT2D eigenvalue weighted by atomic mass is 10.0. The molecule has 1 aromatic carbocycles. The first-order valence-electron chi connectivity index (χ1n) is 6.07. The average molecular weight is 246 g/mol. The summed E-state index contributed by atoms with van der Waals surface area (Å²) >= 11 is 0. The van der Waals surface area contributed by atoms with Crippen molar-refractivity contribution in [2.24, 2.45) is 0 Å². The van der Waals surface area contributed by atoms with Crippen LogP contribution in [0.3, 0.4) is 0 Å². The van der Waals surface area contributed by atoms with Crippen LogP contribution in [0.25, 0.3) is 0 Å². The zero-order valence-electron chi connectivity index (χ0n) is 11.7. The van der Waals surface area contributed by atoms with E-state index in [0.717, 1.165) is 5.56 Å². The third-order valence-electron chi connectivity index (χ3n) is 2.97. The lowest BCUT2D eigenvalue weighted by molar-refractivity contribution is 0.0616. The van der Waals surface area contributed by atoms with Gasteiger partial charge in [0.15, 0.2) is 0 Å². The number of nitrogens with zero attached hydrogens (tertiary/aromatic N) is 1. The van der Waals surface area contributed by atoms with Crippen molar-refractivity contribution < 1.29 is 4.79 Å². The SMILES string of the molecule is C=CCN(C(=O)c1cccc(N)c1C)C(C)(C)C. The number of amides is 1. The second-order valence-electron chi connectivity index (χ2n) is 5.40. The number of anilines is 1. The van der Waals surface area contributed by atoms with Gasteiger partial charge >= 0.3 is 0 Å². The molecule has 1 rings (SSSR count). The van der Waals surface area contributed by atoms with Crippen LogP contribution < -0.4 is 5.73 Å². The average Bonchev–Trinajstić information content (AvgIpc) is 2.27. The Hall–Kier alpha value is -1.77. The van der Waals surface area contributed by atoms with Crippen molar-refractivity contribution in [1.29, 1.82) is 0 Å². The van der Waals surface area contributed by atoms with E-state index in [0.29, 0.717) is 17.8 Å². The molecule has 2 N–H and O–H groups in total. The van der Waals surface area contributed by atoms with Gasteiger partial charge in [-0.2, -0.15) is 0 Å².